The lowest BCUT2D eigenvalue weighted by atomic mass is 9.73. The van der Waals surface area contributed by atoms with Gasteiger partial charge in [-0.05, 0) is 50.1 Å². The summed E-state index contributed by atoms with van der Waals surface area (Å²) in [5, 5.41) is 9.32. The van der Waals surface area contributed by atoms with Crippen molar-refractivity contribution in [1.82, 2.24) is 0 Å². The van der Waals surface area contributed by atoms with Crippen molar-refractivity contribution in [2.24, 2.45) is 17.6 Å². The number of rotatable bonds is 7. The summed E-state index contributed by atoms with van der Waals surface area (Å²) in [6.45, 7) is 0.861. The van der Waals surface area contributed by atoms with Crippen molar-refractivity contribution in [3.63, 3.8) is 0 Å². The second kappa shape index (κ2) is 8.41. The van der Waals surface area contributed by atoms with Crippen molar-refractivity contribution in [2.75, 3.05) is 34.5 Å². The van der Waals surface area contributed by atoms with Crippen LogP contribution in [0.25, 0.3) is 0 Å². The first kappa shape index (κ1) is 17.9. The average Bonchev–Trinajstić information content (AvgIpc) is 2.62. The third-order valence-electron chi connectivity index (χ3n) is 5.11. The Morgan fingerprint density at radius 3 is 2.17 bits per heavy atom. The lowest BCUT2D eigenvalue weighted by Crippen LogP contribution is -2.27. The summed E-state index contributed by atoms with van der Waals surface area (Å²) in [7, 11) is 4.89. The van der Waals surface area contributed by atoms with Gasteiger partial charge in [0.15, 0.2) is 11.5 Å². The van der Waals surface area contributed by atoms with Gasteiger partial charge in [0.2, 0.25) is 5.75 Å². The van der Waals surface area contributed by atoms with Gasteiger partial charge in [-0.1, -0.05) is 6.07 Å². The molecule has 0 radical (unpaired) electrons. The molecule has 0 saturated heterocycles. The molecule has 1 aromatic rings. The normalized spacial score (nSPS) is 22.5. The van der Waals surface area contributed by atoms with Gasteiger partial charge >= 0.3 is 0 Å². The second-order valence-corrected chi connectivity index (χ2v) is 6.23. The molecule has 1 unspecified atom stereocenters. The topological polar surface area (TPSA) is 73.9 Å². The SMILES string of the molecule is COc1ccc(C(CN)C2CCC(CO)CC2)c(OC)c1OC. The van der Waals surface area contributed by atoms with E-state index in [0.29, 0.717) is 42.2 Å². The molecule has 1 aromatic carbocycles. The highest BCUT2D eigenvalue weighted by Crippen LogP contribution is 2.46. The van der Waals surface area contributed by atoms with Crippen molar-refractivity contribution in [3.8, 4) is 17.2 Å². The zero-order valence-electron chi connectivity index (χ0n) is 14.4. The number of hydrogen-bond acceptors (Lipinski definition) is 5. The summed E-state index contributed by atoms with van der Waals surface area (Å²) in [6, 6.07) is 3.95. The molecule has 0 amide bonds. The van der Waals surface area contributed by atoms with Crippen LogP contribution in [0.5, 0.6) is 17.2 Å². The van der Waals surface area contributed by atoms with Gasteiger partial charge in [-0.3, -0.25) is 0 Å². The van der Waals surface area contributed by atoms with Gasteiger partial charge in [-0.25, -0.2) is 0 Å². The Bertz CT molecular complexity index is 498. The van der Waals surface area contributed by atoms with Gasteiger partial charge in [0.05, 0.1) is 21.3 Å². The van der Waals surface area contributed by atoms with Crippen molar-refractivity contribution >= 4 is 0 Å². The van der Waals surface area contributed by atoms with Gasteiger partial charge in [0.25, 0.3) is 0 Å². The Balaban J connectivity index is 2.30. The van der Waals surface area contributed by atoms with Gasteiger partial charge in [-0.15, -0.1) is 0 Å². The number of aliphatic hydroxyl groups is 1. The van der Waals surface area contributed by atoms with Crippen LogP contribution < -0.4 is 19.9 Å². The Morgan fingerprint density at radius 2 is 1.70 bits per heavy atom. The summed E-state index contributed by atoms with van der Waals surface area (Å²) in [5.74, 6) is 3.17. The fourth-order valence-electron chi connectivity index (χ4n) is 3.76. The first-order chi connectivity index (χ1) is 11.2. The van der Waals surface area contributed by atoms with Crippen LogP contribution in [0.4, 0.5) is 0 Å². The van der Waals surface area contributed by atoms with Crippen LogP contribution in [0.3, 0.4) is 0 Å². The molecule has 0 aliphatic heterocycles. The Labute approximate surface area is 138 Å². The van der Waals surface area contributed by atoms with Gasteiger partial charge < -0.3 is 25.1 Å². The minimum atomic E-state index is 0.226. The number of aliphatic hydroxyl groups excluding tert-OH is 1. The highest BCUT2D eigenvalue weighted by atomic mass is 16.5. The van der Waals surface area contributed by atoms with Crippen LogP contribution in [0.15, 0.2) is 12.1 Å². The van der Waals surface area contributed by atoms with E-state index in [0.717, 1.165) is 31.2 Å². The minimum Gasteiger partial charge on any atom is -0.493 e. The van der Waals surface area contributed by atoms with E-state index in [4.69, 9.17) is 19.9 Å². The molecule has 0 aromatic heterocycles. The van der Waals surface area contributed by atoms with E-state index in [1.54, 1.807) is 21.3 Å². The standard InChI is InChI=1S/C18H29NO4/c1-21-16-9-8-14(17(22-2)18(16)23-3)15(10-19)13-6-4-12(11-20)5-7-13/h8-9,12-13,15,20H,4-7,10-11,19H2,1-3H3. The molecular weight excluding hydrogens is 294 g/mol. The average molecular weight is 323 g/mol. The van der Waals surface area contributed by atoms with Crippen molar-refractivity contribution in [1.29, 1.82) is 0 Å². The summed E-state index contributed by atoms with van der Waals surface area (Å²) in [5.41, 5.74) is 7.19. The summed E-state index contributed by atoms with van der Waals surface area (Å²) in [4.78, 5) is 0. The van der Waals surface area contributed by atoms with Gasteiger partial charge in [0.1, 0.15) is 0 Å². The first-order valence-electron chi connectivity index (χ1n) is 8.29. The maximum atomic E-state index is 9.32. The maximum absolute atomic E-state index is 9.32. The molecule has 1 fully saturated rings. The maximum Gasteiger partial charge on any atom is 0.203 e. The van der Waals surface area contributed by atoms with Crippen LogP contribution in [-0.4, -0.2) is 39.6 Å². The molecule has 5 nitrogen and oxygen atoms in total. The van der Waals surface area contributed by atoms with Crippen LogP contribution in [0.1, 0.15) is 37.2 Å². The largest absolute Gasteiger partial charge is 0.493 e. The molecule has 0 bridgehead atoms. The van der Waals surface area contributed by atoms with Crippen molar-refractivity contribution in [2.45, 2.75) is 31.6 Å². The van der Waals surface area contributed by atoms with E-state index >= 15 is 0 Å². The molecule has 130 valence electrons. The van der Waals surface area contributed by atoms with E-state index < -0.39 is 0 Å². The molecule has 1 saturated carbocycles. The van der Waals surface area contributed by atoms with Crippen LogP contribution in [-0.2, 0) is 0 Å². The fraction of sp³-hybridized carbons (Fsp3) is 0.667. The number of methoxy groups -OCH3 is 3. The zero-order valence-corrected chi connectivity index (χ0v) is 14.4. The molecule has 0 spiro atoms. The molecule has 5 heteroatoms. The molecule has 1 aliphatic carbocycles. The quantitative estimate of drug-likeness (QED) is 0.807. The molecule has 23 heavy (non-hydrogen) atoms. The summed E-state index contributed by atoms with van der Waals surface area (Å²) >= 11 is 0. The number of benzene rings is 1. The Kier molecular flexibility index (Phi) is 6.54. The lowest BCUT2D eigenvalue weighted by Gasteiger charge is -2.34. The van der Waals surface area contributed by atoms with Crippen LogP contribution >= 0.6 is 0 Å². The first-order valence-corrected chi connectivity index (χ1v) is 8.29. The number of nitrogens with two attached hydrogens (primary N) is 1. The Hall–Kier alpha value is -1.46. The fourth-order valence-corrected chi connectivity index (χ4v) is 3.76. The van der Waals surface area contributed by atoms with Crippen LogP contribution in [0.2, 0.25) is 0 Å². The molecule has 1 atom stereocenters. The summed E-state index contributed by atoms with van der Waals surface area (Å²) < 4.78 is 16.5. The molecule has 0 heterocycles. The molecule has 3 N–H and O–H groups in total. The summed E-state index contributed by atoms with van der Waals surface area (Å²) in [6.07, 6.45) is 4.30. The lowest BCUT2D eigenvalue weighted by molar-refractivity contribution is 0.157. The van der Waals surface area contributed by atoms with E-state index in [1.165, 1.54) is 0 Å². The third-order valence-corrected chi connectivity index (χ3v) is 5.11. The van der Waals surface area contributed by atoms with E-state index in [-0.39, 0.29) is 5.92 Å². The van der Waals surface area contributed by atoms with Gasteiger partial charge in [-0.2, -0.15) is 0 Å². The predicted molar refractivity (Wildman–Crippen MR) is 90.4 cm³/mol. The Morgan fingerprint density at radius 1 is 1.04 bits per heavy atom. The van der Waals surface area contributed by atoms with E-state index in [9.17, 15) is 5.11 Å². The predicted octanol–water partition coefficient (Wildman–Crippen LogP) is 2.55. The molecular formula is C18H29NO4. The highest BCUT2D eigenvalue weighted by molar-refractivity contribution is 5.57. The molecule has 2 rings (SSSR count). The van der Waals surface area contributed by atoms with E-state index in [1.807, 2.05) is 12.1 Å². The smallest absolute Gasteiger partial charge is 0.203 e. The highest BCUT2D eigenvalue weighted by Gasteiger charge is 2.31. The number of ether oxygens (including phenoxy) is 3. The monoisotopic (exact) mass is 323 g/mol. The van der Waals surface area contributed by atoms with Crippen LogP contribution in [0, 0.1) is 11.8 Å². The third kappa shape index (κ3) is 3.72. The second-order valence-electron chi connectivity index (χ2n) is 6.23. The van der Waals surface area contributed by atoms with Gasteiger partial charge in [0, 0.05) is 18.1 Å². The van der Waals surface area contributed by atoms with Crippen molar-refractivity contribution < 1.29 is 19.3 Å². The molecule has 1 aliphatic rings. The number of hydrogen-bond donors (Lipinski definition) is 2. The van der Waals surface area contributed by atoms with Crippen molar-refractivity contribution in [3.05, 3.63) is 17.7 Å². The van der Waals surface area contributed by atoms with E-state index in [2.05, 4.69) is 0 Å². The zero-order chi connectivity index (χ0) is 16.8. The minimum absolute atomic E-state index is 0.226.